The van der Waals surface area contributed by atoms with Crippen LogP contribution in [0.3, 0.4) is 0 Å². The summed E-state index contributed by atoms with van der Waals surface area (Å²) in [7, 11) is -3.14. The number of halogens is 3. The van der Waals surface area contributed by atoms with Crippen molar-refractivity contribution in [3.05, 3.63) is 24.0 Å². The number of nitrogens with zero attached hydrogens (tertiary/aromatic N) is 1. The van der Waals surface area contributed by atoms with Crippen molar-refractivity contribution in [1.82, 2.24) is 4.98 Å². The number of alkyl halides is 3. The molecule has 1 atom stereocenters. The minimum absolute atomic E-state index is 0.103. The van der Waals surface area contributed by atoms with E-state index in [1.165, 1.54) is 6.07 Å². The van der Waals surface area contributed by atoms with Gasteiger partial charge in [-0.15, -0.1) is 0 Å². The van der Waals surface area contributed by atoms with E-state index in [9.17, 15) is 21.6 Å². The number of nitrogens with one attached hydrogen (secondary N) is 1. The minimum Gasteiger partial charge on any atom is -0.380 e. The minimum atomic E-state index is -4.48. The van der Waals surface area contributed by atoms with Crippen molar-refractivity contribution in [1.29, 1.82) is 0 Å². The summed E-state index contributed by atoms with van der Waals surface area (Å²) in [5.41, 5.74) is -0.636. The standard InChI is InChI=1S/C10H13F3N2O2S/c1-7(6-18(2,16)17)15-8-3-4-9(14-5-8)10(11,12)13/h3-5,7,15H,6H2,1-2H3. The number of rotatable bonds is 4. The van der Waals surface area contributed by atoms with Gasteiger partial charge in [0.25, 0.3) is 0 Å². The van der Waals surface area contributed by atoms with Crippen molar-refractivity contribution in [3.63, 3.8) is 0 Å². The Kier molecular flexibility index (Phi) is 4.20. The molecule has 0 aliphatic rings. The lowest BCUT2D eigenvalue weighted by Gasteiger charge is -2.14. The van der Waals surface area contributed by atoms with Crippen molar-refractivity contribution >= 4 is 15.5 Å². The Bertz CT molecular complexity index is 497. The molecule has 1 N–H and O–H groups in total. The second-order valence-corrected chi connectivity index (χ2v) is 6.25. The van der Waals surface area contributed by atoms with Gasteiger partial charge in [0, 0.05) is 12.3 Å². The van der Waals surface area contributed by atoms with Gasteiger partial charge in [-0.1, -0.05) is 0 Å². The Hall–Kier alpha value is -1.31. The zero-order chi connectivity index (χ0) is 14.0. The summed E-state index contributed by atoms with van der Waals surface area (Å²) in [4.78, 5) is 3.26. The van der Waals surface area contributed by atoms with Crippen LogP contribution in [0.5, 0.6) is 0 Å². The average molecular weight is 282 g/mol. The Labute approximate surface area is 103 Å². The molecular formula is C10H13F3N2O2S. The van der Waals surface area contributed by atoms with Crippen molar-refractivity contribution in [2.24, 2.45) is 0 Å². The first kappa shape index (κ1) is 14.7. The van der Waals surface area contributed by atoms with Gasteiger partial charge in [0.15, 0.2) is 0 Å². The molecule has 0 saturated carbocycles. The van der Waals surface area contributed by atoms with Gasteiger partial charge < -0.3 is 5.32 Å². The highest BCUT2D eigenvalue weighted by Crippen LogP contribution is 2.27. The van der Waals surface area contributed by atoms with Gasteiger partial charge in [0.1, 0.15) is 15.5 Å². The summed E-state index contributed by atoms with van der Waals surface area (Å²) in [6.45, 7) is 1.62. The van der Waals surface area contributed by atoms with E-state index in [4.69, 9.17) is 0 Å². The number of pyridine rings is 1. The van der Waals surface area contributed by atoms with Gasteiger partial charge in [-0.25, -0.2) is 13.4 Å². The smallest absolute Gasteiger partial charge is 0.380 e. The van der Waals surface area contributed by atoms with Crippen LogP contribution in [0.15, 0.2) is 18.3 Å². The molecule has 0 aromatic carbocycles. The molecule has 1 unspecified atom stereocenters. The van der Waals surface area contributed by atoms with Crippen LogP contribution in [0.2, 0.25) is 0 Å². The molecule has 0 saturated heterocycles. The molecule has 0 bridgehead atoms. The molecule has 0 amide bonds. The third kappa shape index (κ3) is 4.91. The van der Waals surface area contributed by atoms with E-state index in [1.807, 2.05) is 0 Å². The fourth-order valence-corrected chi connectivity index (χ4v) is 2.42. The van der Waals surface area contributed by atoms with Crippen LogP contribution in [-0.4, -0.2) is 31.5 Å². The van der Waals surface area contributed by atoms with E-state index in [2.05, 4.69) is 10.3 Å². The Balaban J connectivity index is 2.70. The van der Waals surface area contributed by atoms with Crippen molar-refractivity contribution in [2.75, 3.05) is 17.3 Å². The molecule has 1 aromatic heterocycles. The highest BCUT2D eigenvalue weighted by atomic mass is 32.2. The summed E-state index contributed by atoms with van der Waals surface area (Å²) >= 11 is 0. The number of aromatic nitrogens is 1. The first-order valence-electron chi connectivity index (χ1n) is 5.05. The maximum atomic E-state index is 12.2. The molecule has 0 aliphatic heterocycles. The summed E-state index contributed by atoms with van der Waals surface area (Å²) in [6.07, 6.45) is -2.35. The van der Waals surface area contributed by atoms with Gasteiger partial charge in [-0.3, -0.25) is 0 Å². The molecule has 8 heteroatoms. The lowest BCUT2D eigenvalue weighted by atomic mass is 10.3. The highest BCUT2D eigenvalue weighted by molar-refractivity contribution is 7.90. The number of anilines is 1. The largest absolute Gasteiger partial charge is 0.433 e. The maximum absolute atomic E-state index is 12.2. The van der Waals surface area contributed by atoms with Crippen LogP contribution in [0.25, 0.3) is 0 Å². The van der Waals surface area contributed by atoms with Crippen molar-refractivity contribution < 1.29 is 21.6 Å². The van der Waals surface area contributed by atoms with E-state index >= 15 is 0 Å². The van der Waals surface area contributed by atoms with Gasteiger partial charge in [0.05, 0.1) is 17.6 Å². The van der Waals surface area contributed by atoms with E-state index in [0.717, 1.165) is 18.5 Å². The summed E-state index contributed by atoms with van der Waals surface area (Å²) in [5.74, 6) is -0.103. The third-order valence-corrected chi connectivity index (χ3v) is 3.13. The van der Waals surface area contributed by atoms with Gasteiger partial charge in [0.2, 0.25) is 0 Å². The first-order valence-corrected chi connectivity index (χ1v) is 7.11. The quantitative estimate of drug-likeness (QED) is 0.917. The molecular weight excluding hydrogens is 269 g/mol. The molecule has 1 rings (SSSR count). The number of sulfone groups is 1. The predicted molar refractivity (Wildman–Crippen MR) is 62.0 cm³/mol. The second kappa shape index (κ2) is 5.13. The van der Waals surface area contributed by atoms with E-state index in [0.29, 0.717) is 5.69 Å². The summed E-state index contributed by atoms with van der Waals surface area (Å²) < 4.78 is 58.8. The molecule has 0 radical (unpaired) electrons. The Morgan fingerprint density at radius 1 is 1.39 bits per heavy atom. The van der Waals surface area contributed by atoms with E-state index in [1.54, 1.807) is 6.92 Å². The normalized spacial score (nSPS) is 14.3. The molecule has 1 heterocycles. The average Bonchev–Trinajstić information content (AvgIpc) is 2.13. The van der Waals surface area contributed by atoms with Crippen LogP contribution in [0.1, 0.15) is 12.6 Å². The molecule has 0 aliphatic carbocycles. The molecule has 18 heavy (non-hydrogen) atoms. The van der Waals surface area contributed by atoms with Crippen molar-refractivity contribution in [3.8, 4) is 0 Å². The molecule has 0 spiro atoms. The molecule has 1 aromatic rings. The highest BCUT2D eigenvalue weighted by Gasteiger charge is 2.32. The summed E-state index contributed by atoms with van der Waals surface area (Å²) in [6, 6.07) is 1.66. The number of hydrogen-bond donors (Lipinski definition) is 1. The predicted octanol–water partition coefficient (Wildman–Crippen LogP) is 1.95. The monoisotopic (exact) mass is 282 g/mol. The lowest BCUT2D eigenvalue weighted by Crippen LogP contribution is -2.25. The van der Waals surface area contributed by atoms with E-state index < -0.39 is 27.7 Å². The van der Waals surface area contributed by atoms with Crippen LogP contribution >= 0.6 is 0 Å². The maximum Gasteiger partial charge on any atom is 0.433 e. The number of hydrogen-bond acceptors (Lipinski definition) is 4. The second-order valence-electron chi connectivity index (χ2n) is 4.07. The zero-order valence-electron chi connectivity index (χ0n) is 9.82. The topological polar surface area (TPSA) is 59.1 Å². The molecule has 0 fully saturated rings. The fourth-order valence-electron chi connectivity index (χ4n) is 1.43. The lowest BCUT2D eigenvalue weighted by molar-refractivity contribution is -0.141. The zero-order valence-corrected chi connectivity index (χ0v) is 10.6. The SMILES string of the molecule is CC(CS(C)(=O)=O)Nc1ccc(C(F)(F)F)nc1. The molecule has 102 valence electrons. The van der Waals surface area contributed by atoms with Gasteiger partial charge in [-0.2, -0.15) is 13.2 Å². The fraction of sp³-hybridized carbons (Fsp3) is 0.500. The van der Waals surface area contributed by atoms with Crippen LogP contribution in [0.4, 0.5) is 18.9 Å². The van der Waals surface area contributed by atoms with Crippen LogP contribution in [0, 0.1) is 0 Å². The first-order chi connectivity index (χ1) is 8.08. The third-order valence-electron chi connectivity index (χ3n) is 2.02. The van der Waals surface area contributed by atoms with E-state index in [-0.39, 0.29) is 5.75 Å². The molecule has 4 nitrogen and oxygen atoms in total. The Morgan fingerprint density at radius 3 is 2.39 bits per heavy atom. The van der Waals surface area contributed by atoms with Gasteiger partial charge >= 0.3 is 6.18 Å². The summed E-state index contributed by atoms with van der Waals surface area (Å²) in [5, 5.41) is 2.77. The Morgan fingerprint density at radius 2 is 2.00 bits per heavy atom. The van der Waals surface area contributed by atoms with Crippen molar-refractivity contribution in [2.45, 2.75) is 19.1 Å². The van der Waals surface area contributed by atoms with Crippen LogP contribution in [-0.2, 0) is 16.0 Å². The van der Waals surface area contributed by atoms with Crippen LogP contribution < -0.4 is 5.32 Å². The van der Waals surface area contributed by atoms with Gasteiger partial charge in [-0.05, 0) is 19.1 Å².